The van der Waals surface area contributed by atoms with Crippen molar-refractivity contribution in [3.05, 3.63) is 48.4 Å². The fourth-order valence-corrected chi connectivity index (χ4v) is 2.78. The minimum atomic E-state index is -5.08. The summed E-state index contributed by atoms with van der Waals surface area (Å²) in [7, 11) is 0. The largest absolute Gasteiger partial charge is 0.490 e. The Kier molecular flexibility index (Phi) is 4.97. The van der Waals surface area contributed by atoms with Crippen LogP contribution < -0.4 is 11.5 Å². The maximum atomic E-state index is 13.5. The Morgan fingerprint density at radius 1 is 1.14 bits per heavy atom. The van der Waals surface area contributed by atoms with Crippen LogP contribution in [0.15, 0.2) is 42.6 Å². The molecule has 0 amide bonds. The van der Waals surface area contributed by atoms with E-state index in [9.17, 15) is 17.6 Å². The van der Waals surface area contributed by atoms with Crippen LogP contribution in [0.2, 0.25) is 0 Å². The van der Waals surface area contributed by atoms with Gasteiger partial charge in [-0.25, -0.2) is 9.18 Å². The van der Waals surface area contributed by atoms with Crippen LogP contribution in [0.4, 0.5) is 29.3 Å². The highest BCUT2D eigenvalue weighted by atomic mass is 19.4. The number of hydrogen-bond donors (Lipinski definition) is 4. The van der Waals surface area contributed by atoms with E-state index in [1.807, 2.05) is 18.2 Å². The number of nitrogens with one attached hydrogen (secondary N) is 1. The normalized spacial score (nSPS) is 11.3. The summed E-state index contributed by atoms with van der Waals surface area (Å²) in [6.07, 6.45) is -3.39. The summed E-state index contributed by atoms with van der Waals surface area (Å²) in [6.45, 7) is 0. The van der Waals surface area contributed by atoms with Gasteiger partial charge in [-0.15, -0.1) is 0 Å². The second-order valence-corrected chi connectivity index (χ2v) is 5.87. The molecule has 0 bridgehead atoms. The molecule has 0 unspecified atom stereocenters. The van der Waals surface area contributed by atoms with Crippen molar-refractivity contribution in [2.24, 2.45) is 0 Å². The molecule has 2 aromatic carbocycles. The van der Waals surface area contributed by atoms with Gasteiger partial charge in [0, 0.05) is 22.5 Å². The number of carbonyl (C=O) groups is 1. The molecule has 0 atom stereocenters. The molecular weight excluding hydrogens is 394 g/mol. The molecule has 0 fully saturated rings. The first kappa shape index (κ1) is 19.9. The lowest BCUT2D eigenvalue weighted by atomic mass is 10.00. The van der Waals surface area contributed by atoms with Gasteiger partial charge in [0.25, 0.3) is 0 Å². The minimum absolute atomic E-state index is 0.231. The molecule has 0 spiro atoms. The van der Waals surface area contributed by atoms with Crippen LogP contribution in [0, 0.1) is 5.82 Å². The maximum Gasteiger partial charge on any atom is 0.490 e. The number of aliphatic carboxylic acids is 1. The molecule has 150 valence electrons. The Labute approximate surface area is 160 Å². The molecule has 6 N–H and O–H groups in total. The first-order valence-corrected chi connectivity index (χ1v) is 7.96. The standard InChI is InChI=1S/C16H12FN5.C2HF3O2/c17-9-3-1-2-8(6-9)11-7-12-13(10-4-5-20-14(10)11)15(18)22-16(19)21-12;3-2(4,5)1(6)7/h1-7H,18H2,(H3,19,21,22);(H,6,7). The number of anilines is 2. The first-order chi connectivity index (χ1) is 13.6. The van der Waals surface area contributed by atoms with E-state index in [-0.39, 0.29) is 11.8 Å². The number of alkyl halides is 3. The molecule has 0 radical (unpaired) electrons. The van der Waals surface area contributed by atoms with Gasteiger partial charge in [-0.2, -0.15) is 18.2 Å². The second kappa shape index (κ2) is 7.26. The number of aromatic nitrogens is 3. The van der Waals surface area contributed by atoms with Gasteiger partial charge in [-0.1, -0.05) is 12.1 Å². The molecule has 4 rings (SSSR count). The summed E-state index contributed by atoms with van der Waals surface area (Å²) in [5, 5.41) is 8.75. The van der Waals surface area contributed by atoms with Crippen molar-refractivity contribution < 1.29 is 27.5 Å². The summed E-state index contributed by atoms with van der Waals surface area (Å²) in [5.74, 6) is -2.48. The zero-order valence-electron chi connectivity index (χ0n) is 14.5. The lowest BCUT2D eigenvalue weighted by Crippen LogP contribution is -2.21. The number of rotatable bonds is 1. The van der Waals surface area contributed by atoms with Crippen molar-refractivity contribution in [1.29, 1.82) is 0 Å². The molecule has 11 heteroatoms. The van der Waals surface area contributed by atoms with E-state index in [1.165, 1.54) is 12.1 Å². The van der Waals surface area contributed by atoms with Crippen LogP contribution in [0.3, 0.4) is 0 Å². The van der Waals surface area contributed by atoms with Gasteiger partial charge in [0.1, 0.15) is 11.6 Å². The number of nitrogen functional groups attached to an aromatic ring is 2. The average Bonchev–Trinajstić information content (AvgIpc) is 3.09. The highest BCUT2D eigenvalue weighted by Crippen LogP contribution is 2.35. The molecule has 0 aliphatic heterocycles. The smallest absolute Gasteiger partial charge is 0.475 e. The Bertz CT molecular complexity index is 1220. The van der Waals surface area contributed by atoms with Crippen LogP contribution in [-0.4, -0.2) is 32.2 Å². The van der Waals surface area contributed by atoms with Crippen LogP contribution in [0.5, 0.6) is 0 Å². The van der Waals surface area contributed by atoms with Gasteiger partial charge in [0.15, 0.2) is 5.95 Å². The summed E-state index contributed by atoms with van der Waals surface area (Å²) >= 11 is 0. The molecule has 7 nitrogen and oxygen atoms in total. The van der Waals surface area contributed by atoms with Gasteiger partial charge < -0.3 is 21.6 Å². The monoisotopic (exact) mass is 407 g/mol. The van der Waals surface area contributed by atoms with E-state index >= 15 is 0 Å². The van der Waals surface area contributed by atoms with Crippen molar-refractivity contribution in [1.82, 2.24) is 15.0 Å². The topological polar surface area (TPSA) is 131 Å². The zero-order chi connectivity index (χ0) is 21.3. The predicted octanol–water partition coefficient (Wildman–Crippen LogP) is 3.71. The molecule has 2 aromatic heterocycles. The van der Waals surface area contributed by atoms with E-state index < -0.39 is 12.1 Å². The summed E-state index contributed by atoms with van der Waals surface area (Å²) in [4.78, 5) is 20.3. The number of fused-ring (bicyclic) bond motifs is 3. The third kappa shape index (κ3) is 4.03. The van der Waals surface area contributed by atoms with Gasteiger partial charge in [-0.3, -0.25) is 4.98 Å². The number of hydrogen-bond acceptors (Lipinski definition) is 5. The average molecular weight is 407 g/mol. The van der Waals surface area contributed by atoms with Crippen molar-refractivity contribution in [3.8, 4) is 11.1 Å². The van der Waals surface area contributed by atoms with Gasteiger partial charge >= 0.3 is 12.1 Å². The number of halogens is 4. The van der Waals surface area contributed by atoms with Crippen molar-refractivity contribution in [2.75, 3.05) is 11.5 Å². The number of nitrogens with zero attached hydrogens (tertiary/aromatic N) is 2. The first-order valence-electron chi connectivity index (χ1n) is 7.96. The third-order valence-corrected chi connectivity index (χ3v) is 3.92. The van der Waals surface area contributed by atoms with E-state index in [0.717, 1.165) is 32.9 Å². The molecule has 2 heterocycles. The lowest BCUT2D eigenvalue weighted by molar-refractivity contribution is -0.192. The molecule has 29 heavy (non-hydrogen) atoms. The highest BCUT2D eigenvalue weighted by molar-refractivity contribution is 6.15. The molecule has 0 aliphatic carbocycles. The Morgan fingerprint density at radius 3 is 2.45 bits per heavy atom. The van der Waals surface area contributed by atoms with E-state index in [2.05, 4.69) is 15.0 Å². The van der Waals surface area contributed by atoms with E-state index in [0.29, 0.717) is 5.82 Å². The molecular formula is C18H13F4N5O2. The number of H-pyrrole nitrogens is 1. The van der Waals surface area contributed by atoms with Crippen molar-refractivity contribution in [3.63, 3.8) is 0 Å². The van der Waals surface area contributed by atoms with Gasteiger partial charge in [0.2, 0.25) is 0 Å². The van der Waals surface area contributed by atoms with Crippen molar-refractivity contribution >= 4 is 39.5 Å². The summed E-state index contributed by atoms with van der Waals surface area (Å²) < 4.78 is 45.3. The Morgan fingerprint density at radius 2 is 1.83 bits per heavy atom. The Hall–Kier alpha value is -3.89. The zero-order valence-corrected chi connectivity index (χ0v) is 14.5. The van der Waals surface area contributed by atoms with Crippen LogP contribution >= 0.6 is 0 Å². The van der Waals surface area contributed by atoms with E-state index in [4.69, 9.17) is 21.4 Å². The number of aromatic amines is 1. The summed E-state index contributed by atoms with van der Waals surface area (Å²) in [6, 6.07) is 10.1. The fraction of sp³-hybridized carbons (Fsp3) is 0.0556. The van der Waals surface area contributed by atoms with Crippen LogP contribution in [0.25, 0.3) is 32.9 Å². The second-order valence-electron chi connectivity index (χ2n) is 5.87. The highest BCUT2D eigenvalue weighted by Gasteiger charge is 2.38. The number of benzene rings is 2. The van der Waals surface area contributed by atoms with Crippen LogP contribution in [0.1, 0.15) is 0 Å². The maximum absolute atomic E-state index is 13.5. The number of nitrogens with two attached hydrogens (primary N) is 2. The quantitative estimate of drug-likeness (QED) is 0.356. The van der Waals surface area contributed by atoms with Gasteiger partial charge in [-0.05, 0) is 29.8 Å². The molecule has 4 aromatic rings. The minimum Gasteiger partial charge on any atom is -0.475 e. The van der Waals surface area contributed by atoms with Crippen molar-refractivity contribution in [2.45, 2.75) is 6.18 Å². The Balaban J connectivity index is 0.000000298. The fourth-order valence-electron chi connectivity index (χ4n) is 2.78. The lowest BCUT2D eigenvalue weighted by Gasteiger charge is -2.10. The molecule has 0 saturated heterocycles. The SMILES string of the molecule is Nc1nc(N)c2c(cc(-c3cccc(F)c3)c3nccc32)[nH]1.O=C(O)C(F)(F)F. The number of carboxylic acids is 1. The molecule has 0 aliphatic rings. The van der Waals surface area contributed by atoms with Gasteiger partial charge in [0.05, 0.1) is 11.0 Å². The van der Waals surface area contributed by atoms with Crippen LogP contribution in [-0.2, 0) is 4.79 Å². The third-order valence-electron chi connectivity index (χ3n) is 3.92. The molecule has 0 saturated carbocycles. The predicted molar refractivity (Wildman–Crippen MR) is 99.3 cm³/mol. The number of carboxylic acid groups (broad SMARTS) is 1. The van der Waals surface area contributed by atoms with E-state index in [1.54, 1.807) is 12.3 Å². The summed E-state index contributed by atoms with van der Waals surface area (Å²) in [5.41, 5.74) is 14.8.